The minimum absolute atomic E-state index is 0.0854. The number of anilines is 3. The molecular formula is C25H24F3N5O3. The van der Waals surface area contributed by atoms with E-state index in [4.69, 9.17) is 0 Å². The quantitative estimate of drug-likeness (QED) is 0.427. The van der Waals surface area contributed by atoms with Gasteiger partial charge in [0.2, 0.25) is 11.8 Å². The van der Waals surface area contributed by atoms with Crippen LogP contribution in [0.1, 0.15) is 41.8 Å². The first kappa shape index (κ1) is 25.0. The molecule has 2 amide bonds. The Labute approximate surface area is 205 Å². The van der Waals surface area contributed by atoms with Gasteiger partial charge in [0.1, 0.15) is 5.82 Å². The first-order chi connectivity index (χ1) is 17.0. The highest BCUT2D eigenvalue weighted by molar-refractivity contribution is 6.08. The summed E-state index contributed by atoms with van der Waals surface area (Å²) in [6, 6.07) is 11.6. The van der Waals surface area contributed by atoms with Crippen molar-refractivity contribution in [1.82, 2.24) is 9.97 Å². The predicted molar refractivity (Wildman–Crippen MR) is 128 cm³/mol. The fraction of sp³-hybridized carbons (Fsp3) is 0.280. The number of nitrogens with zero attached hydrogens (tertiary/aromatic N) is 2. The second kappa shape index (κ2) is 9.84. The summed E-state index contributed by atoms with van der Waals surface area (Å²) >= 11 is 0. The van der Waals surface area contributed by atoms with Crippen LogP contribution in [0.2, 0.25) is 0 Å². The average molecular weight is 499 g/mol. The van der Waals surface area contributed by atoms with Crippen molar-refractivity contribution in [2.24, 2.45) is 0 Å². The summed E-state index contributed by atoms with van der Waals surface area (Å²) in [6.45, 7) is 2.71. The van der Waals surface area contributed by atoms with Crippen LogP contribution in [0, 0.1) is 0 Å². The number of aromatic nitrogens is 2. The Kier molecular flexibility index (Phi) is 6.82. The van der Waals surface area contributed by atoms with E-state index in [0.717, 1.165) is 5.56 Å². The fourth-order valence-corrected chi connectivity index (χ4v) is 3.92. The third-order valence-electron chi connectivity index (χ3n) is 5.58. The third-order valence-corrected chi connectivity index (χ3v) is 5.58. The number of carbonyl (C=O) groups is 2. The number of pyridine rings is 2. The van der Waals surface area contributed by atoms with Crippen LogP contribution >= 0.6 is 0 Å². The molecule has 2 aromatic heterocycles. The van der Waals surface area contributed by atoms with Crippen LogP contribution in [0.4, 0.5) is 30.4 Å². The average Bonchev–Trinajstić information content (AvgIpc) is 2.80. The number of hydrogen-bond acceptors (Lipinski definition) is 6. The highest BCUT2D eigenvalue weighted by Crippen LogP contribution is 2.38. The highest BCUT2D eigenvalue weighted by atomic mass is 19.4. The number of benzene rings is 1. The molecular weight excluding hydrogens is 475 g/mol. The molecule has 0 aliphatic carbocycles. The zero-order valence-electron chi connectivity index (χ0n) is 19.6. The molecule has 11 heteroatoms. The van der Waals surface area contributed by atoms with Crippen LogP contribution in [-0.2, 0) is 16.8 Å². The summed E-state index contributed by atoms with van der Waals surface area (Å²) in [5, 5.41) is 8.70. The second-order valence-corrected chi connectivity index (χ2v) is 8.98. The van der Waals surface area contributed by atoms with Gasteiger partial charge in [-0.25, -0.2) is 9.97 Å². The van der Waals surface area contributed by atoms with Crippen LogP contribution in [0.25, 0.3) is 0 Å². The number of rotatable bonds is 7. The van der Waals surface area contributed by atoms with E-state index in [0.29, 0.717) is 23.4 Å². The standard InChI is InChI=1S/C25H24F3N5O3/c1-24(2)12-20(34)33-19-11-16(5-6-18(19)24)32-23(35)17-4-3-8-30-22(17)31-13-15-7-9-29-21(10-15)36-14-25(26,27)28/h3-11H,12-14H2,1-2H3,(H,30,31)(H,32,35)(H,33,34). The van der Waals surface area contributed by atoms with Gasteiger partial charge < -0.3 is 20.7 Å². The third kappa shape index (κ3) is 6.09. The number of amides is 2. The lowest BCUT2D eigenvalue weighted by atomic mass is 9.78. The van der Waals surface area contributed by atoms with Gasteiger partial charge in [-0.15, -0.1) is 0 Å². The minimum Gasteiger partial charge on any atom is -0.468 e. The van der Waals surface area contributed by atoms with Crippen molar-refractivity contribution >= 4 is 29.0 Å². The molecule has 0 radical (unpaired) electrons. The van der Waals surface area contributed by atoms with Crippen LogP contribution < -0.4 is 20.7 Å². The smallest absolute Gasteiger partial charge is 0.422 e. The predicted octanol–water partition coefficient (Wildman–Crippen LogP) is 4.90. The number of hydrogen-bond donors (Lipinski definition) is 3. The molecule has 36 heavy (non-hydrogen) atoms. The van der Waals surface area contributed by atoms with E-state index in [9.17, 15) is 22.8 Å². The molecule has 0 bridgehead atoms. The lowest BCUT2D eigenvalue weighted by Gasteiger charge is -2.32. The van der Waals surface area contributed by atoms with Gasteiger partial charge in [0, 0.05) is 48.2 Å². The van der Waals surface area contributed by atoms with E-state index in [-0.39, 0.29) is 35.1 Å². The van der Waals surface area contributed by atoms with Crippen molar-refractivity contribution in [3.63, 3.8) is 0 Å². The molecule has 0 fully saturated rings. The first-order valence-corrected chi connectivity index (χ1v) is 11.1. The summed E-state index contributed by atoms with van der Waals surface area (Å²) in [5.74, 6) is -0.376. The number of fused-ring (bicyclic) bond motifs is 1. The van der Waals surface area contributed by atoms with Gasteiger partial charge in [-0.05, 0) is 41.5 Å². The number of alkyl halides is 3. The molecule has 8 nitrogen and oxygen atoms in total. The van der Waals surface area contributed by atoms with Crippen molar-refractivity contribution in [2.45, 2.75) is 38.4 Å². The van der Waals surface area contributed by atoms with E-state index in [1.54, 1.807) is 30.3 Å². The van der Waals surface area contributed by atoms with E-state index in [2.05, 4.69) is 30.7 Å². The van der Waals surface area contributed by atoms with E-state index < -0.39 is 18.7 Å². The Morgan fingerprint density at radius 3 is 2.72 bits per heavy atom. The van der Waals surface area contributed by atoms with Gasteiger partial charge in [-0.1, -0.05) is 19.9 Å². The molecule has 4 rings (SSSR count). The lowest BCUT2D eigenvalue weighted by Crippen LogP contribution is -2.32. The van der Waals surface area contributed by atoms with Gasteiger partial charge >= 0.3 is 6.18 Å². The number of halogens is 3. The van der Waals surface area contributed by atoms with Crippen molar-refractivity contribution in [3.05, 3.63) is 71.5 Å². The minimum atomic E-state index is -4.47. The van der Waals surface area contributed by atoms with Gasteiger partial charge in [-0.2, -0.15) is 13.2 Å². The number of carbonyl (C=O) groups excluding carboxylic acids is 2. The Hall–Kier alpha value is -4.15. The van der Waals surface area contributed by atoms with Crippen LogP contribution in [0.15, 0.2) is 54.9 Å². The topological polar surface area (TPSA) is 105 Å². The maximum atomic E-state index is 13.0. The summed E-state index contributed by atoms with van der Waals surface area (Å²) in [6.07, 6.45) is -1.24. The van der Waals surface area contributed by atoms with Gasteiger partial charge in [0.25, 0.3) is 5.91 Å². The van der Waals surface area contributed by atoms with Crippen molar-refractivity contribution in [1.29, 1.82) is 0 Å². The molecule has 3 aromatic rings. The molecule has 0 atom stereocenters. The van der Waals surface area contributed by atoms with Crippen molar-refractivity contribution < 1.29 is 27.5 Å². The highest BCUT2D eigenvalue weighted by Gasteiger charge is 2.32. The largest absolute Gasteiger partial charge is 0.468 e. The van der Waals surface area contributed by atoms with Crippen LogP contribution in [0.5, 0.6) is 5.88 Å². The SMILES string of the molecule is CC1(C)CC(=O)Nc2cc(NC(=O)c3cccnc3NCc3ccnc(OCC(F)(F)F)c3)ccc21. The number of ether oxygens (including phenoxy) is 1. The van der Waals surface area contributed by atoms with Crippen molar-refractivity contribution in [3.8, 4) is 5.88 Å². The second-order valence-electron chi connectivity index (χ2n) is 8.98. The maximum Gasteiger partial charge on any atom is 0.422 e. The van der Waals surface area contributed by atoms with E-state index in [1.165, 1.54) is 18.5 Å². The molecule has 188 valence electrons. The molecule has 3 heterocycles. The monoisotopic (exact) mass is 499 g/mol. The van der Waals surface area contributed by atoms with Crippen LogP contribution in [0.3, 0.4) is 0 Å². The zero-order chi connectivity index (χ0) is 25.9. The Morgan fingerprint density at radius 2 is 1.94 bits per heavy atom. The van der Waals surface area contributed by atoms with Crippen molar-refractivity contribution in [2.75, 3.05) is 22.6 Å². The molecule has 0 saturated carbocycles. The molecule has 1 aliphatic rings. The summed E-state index contributed by atoms with van der Waals surface area (Å²) in [7, 11) is 0. The maximum absolute atomic E-state index is 13.0. The molecule has 3 N–H and O–H groups in total. The summed E-state index contributed by atoms with van der Waals surface area (Å²) < 4.78 is 41.9. The molecule has 0 spiro atoms. The van der Waals surface area contributed by atoms with Gasteiger partial charge in [0.05, 0.1) is 5.56 Å². The Morgan fingerprint density at radius 1 is 1.14 bits per heavy atom. The molecule has 0 unspecified atom stereocenters. The van der Waals surface area contributed by atoms with Gasteiger partial charge in [0.15, 0.2) is 6.61 Å². The van der Waals surface area contributed by atoms with E-state index >= 15 is 0 Å². The molecule has 1 aliphatic heterocycles. The first-order valence-electron chi connectivity index (χ1n) is 11.1. The van der Waals surface area contributed by atoms with E-state index in [1.807, 2.05) is 19.9 Å². The number of nitrogens with one attached hydrogen (secondary N) is 3. The summed E-state index contributed by atoms with van der Waals surface area (Å²) in [4.78, 5) is 33.1. The zero-order valence-corrected chi connectivity index (χ0v) is 19.6. The molecule has 1 aromatic carbocycles. The normalized spacial score (nSPS) is 14.4. The Bertz CT molecular complexity index is 1290. The Balaban J connectivity index is 1.45. The van der Waals surface area contributed by atoms with Gasteiger partial charge in [-0.3, -0.25) is 9.59 Å². The fourth-order valence-electron chi connectivity index (χ4n) is 3.92. The summed E-state index contributed by atoms with van der Waals surface area (Å²) in [5.41, 5.74) is 2.69. The molecule has 0 saturated heterocycles. The lowest BCUT2D eigenvalue weighted by molar-refractivity contribution is -0.154. The van der Waals surface area contributed by atoms with Crippen LogP contribution in [-0.4, -0.2) is 34.6 Å².